The van der Waals surface area contributed by atoms with Crippen molar-refractivity contribution in [1.29, 1.82) is 5.26 Å². The quantitative estimate of drug-likeness (QED) is 0.820. The predicted molar refractivity (Wildman–Crippen MR) is 64.6 cm³/mol. The fourth-order valence-electron chi connectivity index (χ4n) is 1.51. The normalized spacial score (nSPS) is 16.8. The topological polar surface area (TPSA) is 51.5 Å². The van der Waals surface area contributed by atoms with E-state index < -0.39 is 4.75 Å². The van der Waals surface area contributed by atoms with E-state index in [1.807, 2.05) is 18.2 Å². The number of nitrogens with zero attached hydrogens (tertiary/aromatic N) is 1. The highest BCUT2D eigenvalue weighted by molar-refractivity contribution is 8.01. The van der Waals surface area contributed by atoms with E-state index in [1.165, 1.54) is 11.8 Å². The molecule has 0 radical (unpaired) electrons. The van der Waals surface area contributed by atoms with Gasteiger partial charge in [0.05, 0.1) is 38.4 Å². The largest absolute Gasteiger partial charge is 0.497 e. The van der Waals surface area contributed by atoms with Crippen LogP contribution in [-0.2, 0) is 4.74 Å². The van der Waals surface area contributed by atoms with Gasteiger partial charge >= 0.3 is 0 Å². The van der Waals surface area contributed by atoms with Gasteiger partial charge < -0.3 is 14.2 Å². The van der Waals surface area contributed by atoms with Gasteiger partial charge in [-0.05, 0) is 18.2 Å². The summed E-state index contributed by atoms with van der Waals surface area (Å²) in [4.78, 5) is 0.900. The third-order valence-corrected chi connectivity index (χ3v) is 3.81. The maximum Gasteiger partial charge on any atom is 0.153 e. The second-order valence-corrected chi connectivity index (χ2v) is 5.14. The zero-order chi connectivity index (χ0) is 12.3. The van der Waals surface area contributed by atoms with E-state index in [2.05, 4.69) is 6.07 Å². The Balaban J connectivity index is 2.27. The number of hydrogen-bond donors (Lipinski definition) is 0. The highest BCUT2D eigenvalue weighted by atomic mass is 32.2. The molecule has 0 spiro atoms. The first-order valence-electron chi connectivity index (χ1n) is 5.13. The Morgan fingerprint density at radius 3 is 2.59 bits per heavy atom. The monoisotopic (exact) mass is 251 g/mol. The number of rotatable bonds is 4. The van der Waals surface area contributed by atoms with Crippen molar-refractivity contribution in [3.63, 3.8) is 0 Å². The van der Waals surface area contributed by atoms with Gasteiger partial charge in [0, 0.05) is 0 Å². The van der Waals surface area contributed by atoms with Gasteiger partial charge in [-0.15, -0.1) is 0 Å². The van der Waals surface area contributed by atoms with Gasteiger partial charge in [-0.3, -0.25) is 0 Å². The van der Waals surface area contributed by atoms with Crippen LogP contribution in [0.2, 0.25) is 0 Å². The van der Waals surface area contributed by atoms with Crippen LogP contribution in [-0.4, -0.2) is 32.2 Å². The number of benzene rings is 1. The molecule has 0 atom stereocenters. The molecule has 1 aromatic carbocycles. The molecule has 17 heavy (non-hydrogen) atoms. The third kappa shape index (κ3) is 2.33. The van der Waals surface area contributed by atoms with Crippen molar-refractivity contribution < 1.29 is 14.2 Å². The van der Waals surface area contributed by atoms with E-state index in [1.54, 1.807) is 14.2 Å². The summed E-state index contributed by atoms with van der Waals surface area (Å²) in [7, 11) is 3.23. The Labute approximate surface area is 104 Å². The van der Waals surface area contributed by atoms with E-state index in [4.69, 9.17) is 19.5 Å². The molecule has 1 fully saturated rings. The first-order valence-corrected chi connectivity index (χ1v) is 5.95. The fourth-order valence-corrected chi connectivity index (χ4v) is 2.69. The van der Waals surface area contributed by atoms with Gasteiger partial charge in [-0.2, -0.15) is 5.26 Å². The van der Waals surface area contributed by atoms with E-state index in [0.717, 1.165) is 16.4 Å². The molecule has 4 nitrogen and oxygen atoms in total. The first-order chi connectivity index (χ1) is 8.23. The Kier molecular flexibility index (Phi) is 3.46. The predicted octanol–water partition coefficient (Wildman–Crippen LogP) is 2.09. The van der Waals surface area contributed by atoms with Crippen LogP contribution in [0.5, 0.6) is 11.5 Å². The minimum absolute atomic E-state index is 0.453. The highest BCUT2D eigenvalue weighted by Crippen LogP contribution is 2.43. The summed E-state index contributed by atoms with van der Waals surface area (Å²) in [6.45, 7) is 0.906. The van der Waals surface area contributed by atoms with E-state index in [-0.39, 0.29) is 0 Å². The first kappa shape index (κ1) is 12.1. The lowest BCUT2D eigenvalue weighted by Gasteiger charge is -2.34. The summed E-state index contributed by atoms with van der Waals surface area (Å²) >= 11 is 1.47. The highest BCUT2D eigenvalue weighted by Gasteiger charge is 2.41. The van der Waals surface area contributed by atoms with Gasteiger partial charge in [0.1, 0.15) is 11.5 Å². The van der Waals surface area contributed by atoms with Crippen molar-refractivity contribution in [3.05, 3.63) is 18.2 Å². The van der Waals surface area contributed by atoms with Gasteiger partial charge in [0.25, 0.3) is 0 Å². The third-order valence-electron chi connectivity index (χ3n) is 2.55. The van der Waals surface area contributed by atoms with Crippen LogP contribution in [0.3, 0.4) is 0 Å². The molecule has 1 saturated heterocycles. The average molecular weight is 251 g/mol. The molecule has 2 rings (SSSR count). The summed E-state index contributed by atoms with van der Waals surface area (Å²) < 4.78 is 15.1. The molecule has 1 heterocycles. The summed E-state index contributed by atoms with van der Waals surface area (Å²) in [5.41, 5.74) is 0. The number of ether oxygens (including phenoxy) is 3. The van der Waals surface area contributed by atoms with Gasteiger partial charge in [0.2, 0.25) is 0 Å². The van der Waals surface area contributed by atoms with Crippen molar-refractivity contribution in [3.8, 4) is 17.6 Å². The summed E-state index contributed by atoms with van der Waals surface area (Å²) in [6.07, 6.45) is 0. The SMILES string of the molecule is COc1ccc(OC)c(SC2(C#N)COC2)c1. The molecule has 0 bridgehead atoms. The van der Waals surface area contributed by atoms with Crippen LogP contribution >= 0.6 is 11.8 Å². The molecule has 0 amide bonds. The number of thioether (sulfide) groups is 1. The molecule has 0 saturated carbocycles. The standard InChI is InChI=1S/C12H13NO3S/c1-14-9-3-4-10(15-2)11(5-9)17-12(6-13)7-16-8-12/h3-5H,7-8H2,1-2H3. The number of nitriles is 1. The minimum atomic E-state index is -0.486. The minimum Gasteiger partial charge on any atom is -0.497 e. The zero-order valence-electron chi connectivity index (χ0n) is 9.73. The lowest BCUT2D eigenvalue weighted by molar-refractivity contribution is 0.0161. The Morgan fingerprint density at radius 2 is 2.12 bits per heavy atom. The maximum atomic E-state index is 9.17. The van der Waals surface area contributed by atoms with Crippen LogP contribution in [0.25, 0.3) is 0 Å². The number of methoxy groups -OCH3 is 2. The van der Waals surface area contributed by atoms with Crippen molar-refractivity contribution in [2.24, 2.45) is 0 Å². The molecule has 90 valence electrons. The van der Waals surface area contributed by atoms with Crippen molar-refractivity contribution in [2.75, 3.05) is 27.4 Å². The molecule has 0 N–H and O–H groups in total. The molecule has 1 aromatic rings. The lowest BCUT2D eigenvalue weighted by Crippen LogP contribution is -2.45. The Morgan fingerprint density at radius 1 is 1.35 bits per heavy atom. The van der Waals surface area contributed by atoms with Crippen molar-refractivity contribution in [2.45, 2.75) is 9.64 Å². The average Bonchev–Trinajstić information content (AvgIpc) is 2.33. The second kappa shape index (κ2) is 4.86. The molecule has 0 aromatic heterocycles. The Bertz CT molecular complexity index is 452. The van der Waals surface area contributed by atoms with Gasteiger partial charge in [-0.25, -0.2) is 0 Å². The second-order valence-electron chi connectivity index (χ2n) is 3.72. The summed E-state index contributed by atoms with van der Waals surface area (Å²) in [6, 6.07) is 7.84. The molecule has 5 heteroatoms. The van der Waals surface area contributed by atoms with Crippen LogP contribution in [0.4, 0.5) is 0 Å². The molecule has 0 aliphatic carbocycles. The Hall–Kier alpha value is -1.38. The summed E-state index contributed by atoms with van der Waals surface area (Å²) in [5, 5.41) is 9.17. The molecule has 1 aliphatic heterocycles. The molecular weight excluding hydrogens is 238 g/mol. The molecule has 1 aliphatic rings. The lowest BCUT2D eigenvalue weighted by atomic mass is 10.1. The van der Waals surface area contributed by atoms with Crippen molar-refractivity contribution >= 4 is 11.8 Å². The van der Waals surface area contributed by atoms with Gasteiger partial charge in [-0.1, -0.05) is 11.8 Å². The van der Waals surface area contributed by atoms with Crippen LogP contribution in [0.1, 0.15) is 0 Å². The van der Waals surface area contributed by atoms with Crippen LogP contribution in [0.15, 0.2) is 23.1 Å². The van der Waals surface area contributed by atoms with E-state index >= 15 is 0 Å². The number of hydrogen-bond acceptors (Lipinski definition) is 5. The van der Waals surface area contributed by atoms with Crippen molar-refractivity contribution in [1.82, 2.24) is 0 Å². The smallest absolute Gasteiger partial charge is 0.153 e. The van der Waals surface area contributed by atoms with Crippen LogP contribution in [0, 0.1) is 11.3 Å². The fraction of sp³-hybridized carbons (Fsp3) is 0.417. The summed E-state index contributed by atoms with van der Waals surface area (Å²) in [5.74, 6) is 1.50. The maximum absolute atomic E-state index is 9.17. The van der Waals surface area contributed by atoms with Crippen LogP contribution < -0.4 is 9.47 Å². The van der Waals surface area contributed by atoms with E-state index in [9.17, 15) is 0 Å². The van der Waals surface area contributed by atoms with Gasteiger partial charge in [0.15, 0.2) is 4.75 Å². The van der Waals surface area contributed by atoms with E-state index in [0.29, 0.717) is 13.2 Å². The molecule has 0 unspecified atom stereocenters. The zero-order valence-corrected chi connectivity index (χ0v) is 10.5. The molecular formula is C12H13NO3S.